The largest absolute Gasteiger partial charge is 0.352 e. The van der Waals surface area contributed by atoms with E-state index in [0.717, 1.165) is 54.7 Å². The minimum Gasteiger partial charge on any atom is -0.352 e. The summed E-state index contributed by atoms with van der Waals surface area (Å²) in [5, 5.41) is 0. The average molecular weight is 306 g/mol. The van der Waals surface area contributed by atoms with Crippen LogP contribution >= 0.6 is 0 Å². The molecule has 0 radical (unpaired) electrons. The first-order valence-corrected chi connectivity index (χ1v) is 7.81. The van der Waals surface area contributed by atoms with E-state index in [0.29, 0.717) is 0 Å². The molecule has 2 aromatic heterocycles. The normalized spacial score (nSPS) is 15.2. The van der Waals surface area contributed by atoms with Crippen molar-refractivity contribution in [3.05, 3.63) is 48.4 Å². The highest BCUT2D eigenvalue weighted by Crippen LogP contribution is 2.21. The smallest absolute Gasteiger partial charge is 0.225 e. The molecule has 0 saturated carbocycles. The van der Waals surface area contributed by atoms with Gasteiger partial charge in [-0.05, 0) is 25.1 Å². The van der Waals surface area contributed by atoms with Gasteiger partial charge in [0.05, 0.1) is 16.7 Å². The number of piperazine rings is 1. The average Bonchev–Trinajstić information content (AvgIpc) is 2.62. The molecular formula is C17H18N6. The van der Waals surface area contributed by atoms with E-state index < -0.39 is 0 Å². The van der Waals surface area contributed by atoms with E-state index in [2.05, 4.69) is 24.8 Å². The number of aryl methyl sites for hydroxylation is 1. The van der Waals surface area contributed by atoms with Gasteiger partial charge < -0.3 is 9.80 Å². The molecule has 1 aromatic carbocycles. The Hall–Kier alpha value is -2.76. The Labute approximate surface area is 134 Å². The van der Waals surface area contributed by atoms with Crippen LogP contribution in [0, 0.1) is 6.92 Å². The van der Waals surface area contributed by atoms with Gasteiger partial charge in [0.2, 0.25) is 5.95 Å². The first-order chi connectivity index (χ1) is 11.3. The van der Waals surface area contributed by atoms with Gasteiger partial charge in [-0.15, -0.1) is 0 Å². The summed E-state index contributed by atoms with van der Waals surface area (Å²) < 4.78 is 0. The monoisotopic (exact) mass is 306 g/mol. The van der Waals surface area contributed by atoms with Gasteiger partial charge in [-0.3, -0.25) is 0 Å². The maximum absolute atomic E-state index is 4.81. The lowest BCUT2D eigenvalue weighted by molar-refractivity contribution is 0.633. The number of para-hydroxylation sites is 2. The molecule has 6 nitrogen and oxygen atoms in total. The highest BCUT2D eigenvalue weighted by Gasteiger charge is 2.21. The number of nitrogens with zero attached hydrogens (tertiary/aromatic N) is 6. The van der Waals surface area contributed by atoms with E-state index >= 15 is 0 Å². The lowest BCUT2D eigenvalue weighted by atomic mass is 10.2. The van der Waals surface area contributed by atoms with Crippen LogP contribution in [0.15, 0.2) is 42.7 Å². The zero-order valence-electron chi connectivity index (χ0n) is 13.1. The second-order valence-corrected chi connectivity index (χ2v) is 5.64. The number of fused-ring (bicyclic) bond motifs is 1. The third-order valence-electron chi connectivity index (χ3n) is 4.13. The van der Waals surface area contributed by atoms with E-state index in [1.807, 2.05) is 37.3 Å². The molecule has 0 atom stereocenters. The van der Waals surface area contributed by atoms with Crippen LogP contribution in [0.5, 0.6) is 0 Å². The van der Waals surface area contributed by atoms with E-state index in [-0.39, 0.29) is 0 Å². The summed E-state index contributed by atoms with van der Waals surface area (Å²) in [6.07, 6.45) is 3.57. The number of aromatic nitrogens is 4. The molecule has 1 aliphatic heterocycles. The van der Waals surface area contributed by atoms with Crippen LogP contribution in [0.1, 0.15) is 5.69 Å². The molecule has 4 rings (SSSR count). The standard InChI is InChI=1S/C17H18N6/c1-13-16(21-15-6-3-2-5-14(15)20-13)22-9-11-23(12-10-22)17-18-7-4-8-19-17/h2-8H,9-12H2,1H3. The Balaban J connectivity index is 1.55. The maximum atomic E-state index is 4.81. The first kappa shape index (κ1) is 13.9. The van der Waals surface area contributed by atoms with Gasteiger partial charge in [0, 0.05) is 38.6 Å². The van der Waals surface area contributed by atoms with Crippen molar-refractivity contribution in [2.24, 2.45) is 0 Å². The summed E-state index contributed by atoms with van der Waals surface area (Å²) in [5.74, 6) is 1.78. The van der Waals surface area contributed by atoms with Gasteiger partial charge in [-0.25, -0.2) is 19.9 Å². The number of rotatable bonds is 2. The van der Waals surface area contributed by atoms with Crippen molar-refractivity contribution < 1.29 is 0 Å². The molecule has 3 aromatic rings. The molecule has 1 aliphatic rings. The number of hydrogen-bond acceptors (Lipinski definition) is 6. The van der Waals surface area contributed by atoms with Crippen molar-refractivity contribution in [1.82, 2.24) is 19.9 Å². The molecule has 1 saturated heterocycles. The molecule has 0 bridgehead atoms. The minimum atomic E-state index is 0.800. The predicted molar refractivity (Wildman–Crippen MR) is 90.7 cm³/mol. The molecule has 0 spiro atoms. The second kappa shape index (κ2) is 5.79. The first-order valence-electron chi connectivity index (χ1n) is 7.81. The van der Waals surface area contributed by atoms with Crippen LogP contribution < -0.4 is 9.80 Å². The lowest BCUT2D eigenvalue weighted by Crippen LogP contribution is -2.47. The molecule has 0 amide bonds. The number of hydrogen-bond donors (Lipinski definition) is 0. The van der Waals surface area contributed by atoms with Crippen molar-refractivity contribution in [3.8, 4) is 0 Å². The fraction of sp³-hybridized carbons (Fsp3) is 0.294. The van der Waals surface area contributed by atoms with Gasteiger partial charge in [-0.2, -0.15) is 0 Å². The van der Waals surface area contributed by atoms with Crippen LogP contribution in [0.2, 0.25) is 0 Å². The predicted octanol–water partition coefficient (Wildman–Crippen LogP) is 2.05. The van der Waals surface area contributed by atoms with Crippen LogP contribution in [0.25, 0.3) is 11.0 Å². The SMILES string of the molecule is Cc1nc2ccccc2nc1N1CCN(c2ncccn2)CC1. The minimum absolute atomic E-state index is 0.800. The Morgan fingerprint density at radius 3 is 2.09 bits per heavy atom. The highest BCUT2D eigenvalue weighted by molar-refractivity contribution is 5.76. The summed E-state index contributed by atoms with van der Waals surface area (Å²) in [4.78, 5) is 22.7. The van der Waals surface area contributed by atoms with Gasteiger partial charge in [-0.1, -0.05) is 12.1 Å². The van der Waals surface area contributed by atoms with Gasteiger partial charge in [0.1, 0.15) is 0 Å². The van der Waals surface area contributed by atoms with Gasteiger partial charge in [0.25, 0.3) is 0 Å². The maximum Gasteiger partial charge on any atom is 0.225 e. The summed E-state index contributed by atoms with van der Waals surface area (Å²) in [5.41, 5.74) is 2.88. The second-order valence-electron chi connectivity index (χ2n) is 5.64. The van der Waals surface area contributed by atoms with Crippen LogP contribution in [0.3, 0.4) is 0 Å². The van der Waals surface area contributed by atoms with Crippen molar-refractivity contribution in [2.45, 2.75) is 6.92 Å². The van der Waals surface area contributed by atoms with E-state index in [9.17, 15) is 0 Å². The zero-order valence-corrected chi connectivity index (χ0v) is 13.1. The van der Waals surface area contributed by atoms with E-state index in [4.69, 9.17) is 4.98 Å². The molecular weight excluding hydrogens is 288 g/mol. The lowest BCUT2D eigenvalue weighted by Gasteiger charge is -2.35. The van der Waals surface area contributed by atoms with Gasteiger partial charge in [0.15, 0.2) is 5.82 Å². The van der Waals surface area contributed by atoms with Crippen molar-refractivity contribution in [3.63, 3.8) is 0 Å². The molecule has 0 unspecified atom stereocenters. The Morgan fingerprint density at radius 2 is 1.39 bits per heavy atom. The highest BCUT2D eigenvalue weighted by atomic mass is 15.3. The summed E-state index contributed by atoms with van der Waals surface area (Å²) in [6.45, 7) is 5.59. The molecule has 116 valence electrons. The summed E-state index contributed by atoms with van der Waals surface area (Å²) in [6, 6.07) is 9.85. The van der Waals surface area contributed by atoms with Gasteiger partial charge >= 0.3 is 0 Å². The molecule has 3 heterocycles. The topological polar surface area (TPSA) is 58.0 Å². The van der Waals surface area contributed by atoms with E-state index in [1.165, 1.54) is 0 Å². The van der Waals surface area contributed by atoms with Crippen molar-refractivity contribution >= 4 is 22.8 Å². The third-order valence-corrected chi connectivity index (χ3v) is 4.13. The van der Waals surface area contributed by atoms with Crippen LogP contribution in [-0.4, -0.2) is 46.1 Å². The van der Waals surface area contributed by atoms with Crippen LogP contribution in [-0.2, 0) is 0 Å². The third kappa shape index (κ3) is 2.67. The fourth-order valence-electron chi connectivity index (χ4n) is 2.95. The van der Waals surface area contributed by atoms with Crippen LogP contribution in [0.4, 0.5) is 11.8 Å². The molecule has 1 fully saturated rings. The molecule has 0 N–H and O–H groups in total. The fourth-order valence-corrected chi connectivity index (χ4v) is 2.95. The summed E-state index contributed by atoms with van der Waals surface area (Å²) >= 11 is 0. The van der Waals surface area contributed by atoms with Crippen molar-refractivity contribution in [1.29, 1.82) is 0 Å². The quantitative estimate of drug-likeness (QED) is 0.722. The summed E-state index contributed by atoms with van der Waals surface area (Å²) in [7, 11) is 0. The van der Waals surface area contributed by atoms with E-state index in [1.54, 1.807) is 12.4 Å². The Bertz CT molecular complexity index is 812. The number of anilines is 2. The Kier molecular flexibility index (Phi) is 3.49. The zero-order chi connectivity index (χ0) is 15.6. The molecule has 0 aliphatic carbocycles. The Morgan fingerprint density at radius 1 is 0.783 bits per heavy atom. The molecule has 6 heteroatoms. The number of benzene rings is 1. The van der Waals surface area contributed by atoms with Crippen molar-refractivity contribution in [2.75, 3.05) is 36.0 Å². The molecule has 23 heavy (non-hydrogen) atoms.